The number of rotatable bonds is 5. The summed E-state index contributed by atoms with van der Waals surface area (Å²) >= 11 is 6.09. The molecule has 0 spiro atoms. The highest BCUT2D eigenvalue weighted by Gasteiger charge is 2.40. The van der Waals surface area contributed by atoms with Gasteiger partial charge < -0.3 is 4.90 Å². The third kappa shape index (κ3) is 3.56. The van der Waals surface area contributed by atoms with Gasteiger partial charge in [-0.05, 0) is 48.9 Å². The number of para-hydroxylation sites is 1. The van der Waals surface area contributed by atoms with E-state index >= 15 is 0 Å². The van der Waals surface area contributed by atoms with Crippen molar-refractivity contribution in [1.29, 1.82) is 0 Å². The number of nitrogens with zero attached hydrogens (tertiary/aromatic N) is 3. The van der Waals surface area contributed by atoms with Crippen molar-refractivity contribution < 1.29 is 4.79 Å². The zero-order chi connectivity index (χ0) is 20.7. The van der Waals surface area contributed by atoms with Crippen molar-refractivity contribution in [3.63, 3.8) is 0 Å². The maximum Gasteiger partial charge on any atom is 0.226 e. The van der Waals surface area contributed by atoms with Gasteiger partial charge in [0.05, 0.1) is 11.4 Å². The Labute approximate surface area is 181 Å². The van der Waals surface area contributed by atoms with E-state index in [9.17, 15) is 4.79 Å². The zero-order valence-corrected chi connectivity index (χ0v) is 17.7. The number of carbonyl (C=O) groups is 1. The van der Waals surface area contributed by atoms with Gasteiger partial charge in [0.15, 0.2) is 0 Å². The Hall–Kier alpha value is -2.85. The number of aromatic nitrogens is 2. The molecule has 2 aromatic carbocycles. The normalized spacial score (nSPS) is 21.9. The fourth-order valence-corrected chi connectivity index (χ4v) is 4.90. The number of amides is 1. The van der Waals surface area contributed by atoms with Gasteiger partial charge in [-0.1, -0.05) is 54.1 Å². The third-order valence-electron chi connectivity index (χ3n) is 6.31. The molecule has 3 unspecified atom stereocenters. The molecule has 2 aliphatic carbocycles. The second kappa shape index (κ2) is 7.77. The number of halogens is 1. The van der Waals surface area contributed by atoms with Crippen molar-refractivity contribution in [3.8, 4) is 16.9 Å². The molecule has 30 heavy (non-hydrogen) atoms. The Balaban J connectivity index is 1.45. The fraction of sp³-hybridized carbons (Fsp3) is 0.280. The average Bonchev–Trinajstić information content (AvgIpc) is 3.50. The lowest BCUT2D eigenvalue weighted by Crippen LogP contribution is -2.34. The zero-order valence-electron chi connectivity index (χ0n) is 16.9. The molecule has 0 saturated heterocycles. The molecule has 1 amide bonds. The van der Waals surface area contributed by atoms with E-state index in [-0.39, 0.29) is 11.8 Å². The third-order valence-corrected chi connectivity index (χ3v) is 6.56. The number of fused-ring (bicyclic) bond motifs is 2. The molecule has 4 nitrogen and oxygen atoms in total. The van der Waals surface area contributed by atoms with Crippen LogP contribution in [0.25, 0.3) is 16.9 Å². The minimum atomic E-state index is 0.119. The van der Waals surface area contributed by atoms with E-state index in [4.69, 9.17) is 16.7 Å². The number of hydrogen-bond acceptors (Lipinski definition) is 2. The van der Waals surface area contributed by atoms with Gasteiger partial charge >= 0.3 is 0 Å². The van der Waals surface area contributed by atoms with E-state index in [0.29, 0.717) is 23.4 Å². The van der Waals surface area contributed by atoms with Gasteiger partial charge in [-0.25, -0.2) is 4.68 Å². The van der Waals surface area contributed by atoms with Crippen LogP contribution in [0.3, 0.4) is 0 Å². The number of carbonyl (C=O) groups excluding carboxylic acids is 1. The lowest BCUT2D eigenvalue weighted by atomic mass is 9.92. The van der Waals surface area contributed by atoms with Crippen LogP contribution in [0, 0.1) is 17.8 Å². The van der Waals surface area contributed by atoms with Gasteiger partial charge in [0.1, 0.15) is 0 Å². The lowest BCUT2D eigenvalue weighted by Gasteiger charge is -2.24. The predicted molar refractivity (Wildman–Crippen MR) is 119 cm³/mol. The smallest absolute Gasteiger partial charge is 0.226 e. The number of allylic oxidation sites excluding steroid dienone is 2. The first-order chi connectivity index (χ1) is 14.6. The Morgan fingerprint density at radius 2 is 1.87 bits per heavy atom. The first kappa shape index (κ1) is 19.1. The lowest BCUT2D eigenvalue weighted by molar-refractivity contribution is -0.135. The SMILES string of the molecule is CN(Cc1cn(-c2ccccc2)nc1-c1ccc(Cl)cc1)C(=O)C1CC2C=CC1C2. The van der Waals surface area contributed by atoms with Gasteiger partial charge in [-0.15, -0.1) is 0 Å². The summed E-state index contributed by atoms with van der Waals surface area (Å²) in [5.74, 6) is 1.35. The summed E-state index contributed by atoms with van der Waals surface area (Å²) in [5.41, 5.74) is 3.89. The van der Waals surface area contributed by atoms with Gasteiger partial charge in [0.25, 0.3) is 0 Å². The predicted octanol–water partition coefficient (Wildman–Crippen LogP) is 5.36. The molecule has 2 aliphatic rings. The summed E-state index contributed by atoms with van der Waals surface area (Å²) in [5, 5.41) is 5.55. The van der Waals surface area contributed by atoms with Gasteiger partial charge in [-0.3, -0.25) is 4.79 Å². The Bertz CT molecular complexity index is 1090. The van der Waals surface area contributed by atoms with E-state index < -0.39 is 0 Å². The Kier molecular flexibility index (Phi) is 4.95. The first-order valence-electron chi connectivity index (χ1n) is 10.4. The summed E-state index contributed by atoms with van der Waals surface area (Å²) in [6.07, 6.45) is 8.65. The van der Waals surface area contributed by atoms with Crippen LogP contribution >= 0.6 is 11.6 Å². The number of benzene rings is 2. The molecule has 0 aliphatic heterocycles. The second-order valence-corrected chi connectivity index (χ2v) is 8.81. The van der Waals surface area contributed by atoms with E-state index in [1.54, 1.807) is 0 Å². The molecule has 3 aromatic rings. The summed E-state index contributed by atoms with van der Waals surface area (Å²) in [4.78, 5) is 15.0. The maximum absolute atomic E-state index is 13.2. The molecular formula is C25H24ClN3O. The molecular weight excluding hydrogens is 394 g/mol. The van der Waals surface area contributed by atoms with Crippen LogP contribution in [0.4, 0.5) is 0 Å². The van der Waals surface area contributed by atoms with Gasteiger partial charge in [-0.2, -0.15) is 5.10 Å². The van der Waals surface area contributed by atoms with Gasteiger partial charge in [0.2, 0.25) is 5.91 Å². The van der Waals surface area contributed by atoms with Crippen molar-refractivity contribution in [3.05, 3.63) is 83.5 Å². The van der Waals surface area contributed by atoms with Crippen molar-refractivity contribution >= 4 is 17.5 Å². The van der Waals surface area contributed by atoms with Gasteiger partial charge in [0, 0.05) is 41.9 Å². The van der Waals surface area contributed by atoms with Crippen LogP contribution in [-0.2, 0) is 11.3 Å². The van der Waals surface area contributed by atoms with E-state index in [1.807, 2.05) is 77.4 Å². The quantitative estimate of drug-likeness (QED) is 0.524. The standard InChI is InChI=1S/C25H24ClN3O/c1-28(25(30)23-14-17-7-8-19(23)13-17)15-20-16-29(22-5-3-2-4-6-22)27-24(20)18-9-11-21(26)12-10-18/h2-12,16-17,19,23H,13-15H2,1H3. The molecule has 5 rings (SSSR count). The monoisotopic (exact) mass is 417 g/mol. The molecule has 1 aromatic heterocycles. The summed E-state index contributed by atoms with van der Waals surface area (Å²) in [6.45, 7) is 0.529. The Morgan fingerprint density at radius 3 is 2.53 bits per heavy atom. The minimum absolute atomic E-state index is 0.119. The molecule has 152 valence electrons. The first-order valence-corrected chi connectivity index (χ1v) is 10.8. The minimum Gasteiger partial charge on any atom is -0.341 e. The Morgan fingerprint density at radius 1 is 1.10 bits per heavy atom. The molecule has 0 N–H and O–H groups in total. The molecule has 5 heteroatoms. The van der Waals surface area contributed by atoms with Crippen LogP contribution in [0.15, 0.2) is 72.9 Å². The van der Waals surface area contributed by atoms with Crippen LogP contribution < -0.4 is 0 Å². The molecule has 3 atom stereocenters. The molecule has 1 fully saturated rings. The average molecular weight is 418 g/mol. The maximum atomic E-state index is 13.2. The largest absolute Gasteiger partial charge is 0.341 e. The number of hydrogen-bond donors (Lipinski definition) is 0. The second-order valence-electron chi connectivity index (χ2n) is 8.37. The van der Waals surface area contributed by atoms with Crippen molar-refractivity contribution in [1.82, 2.24) is 14.7 Å². The summed E-state index contributed by atoms with van der Waals surface area (Å²) < 4.78 is 1.89. The van der Waals surface area contributed by atoms with E-state index in [1.165, 1.54) is 0 Å². The highest BCUT2D eigenvalue weighted by atomic mass is 35.5. The molecule has 1 saturated carbocycles. The molecule has 0 radical (unpaired) electrons. The van der Waals surface area contributed by atoms with E-state index in [2.05, 4.69) is 12.2 Å². The van der Waals surface area contributed by atoms with Crippen molar-refractivity contribution in [2.45, 2.75) is 19.4 Å². The van der Waals surface area contributed by atoms with Crippen molar-refractivity contribution in [2.75, 3.05) is 7.05 Å². The highest BCUT2D eigenvalue weighted by molar-refractivity contribution is 6.30. The fourth-order valence-electron chi connectivity index (χ4n) is 4.77. The van der Waals surface area contributed by atoms with Crippen LogP contribution in [-0.4, -0.2) is 27.6 Å². The van der Waals surface area contributed by atoms with Crippen molar-refractivity contribution in [2.24, 2.45) is 17.8 Å². The molecule has 2 bridgehead atoms. The summed E-state index contributed by atoms with van der Waals surface area (Å²) in [6, 6.07) is 17.7. The summed E-state index contributed by atoms with van der Waals surface area (Å²) in [7, 11) is 1.91. The highest BCUT2D eigenvalue weighted by Crippen LogP contribution is 2.44. The van der Waals surface area contributed by atoms with Crippen LogP contribution in [0.5, 0.6) is 0 Å². The van der Waals surface area contributed by atoms with E-state index in [0.717, 1.165) is 35.3 Å². The van der Waals surface area contributed by atoms with Crippen LogP contribution in [0.2, 0.25) is 5.02 Å². The topological polar surface area (TPSA) is 38.1 Å². The van der Waals surface area contributed by atoms with Crippen LogP contribution in [0.1, 0.15) is 18.4 Å². The molecule has 1 heterocycles.